The molecule has 1 N–H and O–H groups in total. The predicted octanol–water partition coefficient (Wildman–Crippen LogP) is 4.63. The molecular weight excluding hydrogens is 350 g/mol. The van der Waals surface area contributed by atoms with Gasteiger partial charge in [-0.1, -0.05) is 12.8 Å². The van der Waals surface area contributed by atoms with E-state index in [2.05, 4.69) is 10.3 Å². The van der Waals surface area contributed by atoms with E-state index in [-0.39, 0.29) is 24.2 Å². The van der Waals surface area contributed by atoms with E-state index in [1.54, 1.807) is 17.7 Å². The lowest BCUT2D eigenvalue weighted by Gasteiger charge is -2.32. The van der Waals surface area contributed by atoms with Crippen molar-refractivity contribution in [3.8, 4) is 5.69 Å². The number of aromatic nitrogens is 2. The highest BCUT2D eigenvalue weighted by Gasteiger charge is 2.48. The predicted molar refractivity (Wildman–Crippen MR) is 88.4 cm³/mol. The van der Waals surface area contributed by atoms with Gasteiger partial charge >= 0.3 is 6.18 Å². The highest BCUT2D eigenvalue weighted by Crippen LogP contribution is 2.41. The first kappa shape index (κ1) is 18.4. The summed E-state index contributed by atoms with van der Waals surface area (Å²) in [7, 11) is 0. The van der Waals surface area contributed by atoms with E-state index >= 15 is 0 Å². The van der Waals surface area contributed by atoms with Crippen LogP contribution in [0.3, 0.4) is 0 Å². The number of nitrogens with one attached hydrogen (secondary N) is 1. The normalized spacial score (nSPS) is 20.8. The second kappa shape index (κ2) is 7.09. The summed E-state index contributed by atoms with van der Waals surface area (Å²) in [5.74, 6) is -3.50. The third-order valence-corrected chi connectivity index (χ3v) is 4.82. The molecule has 2 atom stereocenters. The van der Waals surface area contributed by atoms with Crippen LogP contribution in [0.4, 0.5) is 23.2 Å². The van der Waals surface area contributed by atoms with Crippen molar-refractivity contribution in [3.63, 3.8) is 0 Å². The van der Waals surface area contributed by atoms with Crippen LogP contribution in [0.5, 0.6) is 0 Å². The summed E-state index contributed by atoms with van der Waals surface area (Å²) in [6.45, 7) is 1.72. The molecule has 2 aromatic rings. The molecule has 2 unspecified atom stereocenters. The minimum absolute atomic E-state index is 0.0468. The average molecular weight is 369 g/mol. The van der Waals surface area contributed by atoms with Crippen LogP contribution in [0.2, 0.25) is 0 Å². The molecule has 4 nitrogen and oxygen atoms in total. The van der Waals surface area contributed by atoms with E-state index in [0.29, 0.717) is 18.7 Å². The Hall–Kier alpha value is -2.38. The molecule has 0 saturated heterocycles. The number of imidazole rings is 1. The highest BCUT2D eigenvalue weighted by atomic mass is 19.4. The Bertz CT molecular complexity index is 800. The highest BCUT2D eigenvalue weighted by molar-refractivity contribution is 5.93. The molecule has 1 aliphatic carbocycles. The lowest BCUT2D eigenvalue weighted by molar-refractivity contribution is -0.197. The monoisotopic (exact) mass is 369 g/mol. The van der Waals surface area contributed by atoms with Gasteiger partial charge in [-0.15, -0.1) is 0 Å². The Kier molecular flexibility index (Phi) is 5.02. The van der Waals surface area contributed by atoms with Crippen molar-refractivity contribution in [2.24, 2.45) is 11.8 Å². The topological polar surface area (TPSA) is 46.9 Å². The summed E-state index contributed by atoms with van der Waals surface area (Å²) in [4.78, 5) is 16.4. The number of carbonyl (C=O) groups excluding carboxylic acids is 1. The summed E-state index contributed by atoms with van der Waals surface area (Å²) >= 11 is 0. The summed E-state index contributed by atoms with van der Waals surface area (Å²) in [5.41, 5.74) is 0.393. The van der Waals surface area contributed by atoms with Gasteiger partial charge in [-0.05, 0) is 38.0 Å². The molecule has 1 aromatic carbocycles. The van der Waals surface area contributed by atoms with Gasteiger partial charge in [-0.3, -0.25) is 4.79 Å². The molecule has 1 aliphatic rings. The number of alkyl halides is 3. The number of benzene rings is 1. The second-order valence-corrected chi connectivity index (χ2v) is 6.54. The molecule has 0 radical (unpaired) electrons. The van der Waals surface area contributed by atoms with Crippen molar-refractivity contribution in [3.05, 3.63) is 42.2 Å². The van der Waals surface area contributed by atoms with Crippen LogP contribution in [-0.2, 0) is 4.79 Å². The number of aryl methyl sites for hydroxylation is 1. The summed E-state index contributed by atoms with van der Waals surface area (Å²) in [5, 5.41) is 2.44. The SMILES string of the molecule is Cc1nccn1-c1ccc(NC(=O)C2CCCCC2C(F)(F)F)cc1F. The number of hydrogen-bond donors (Lipinski definition) is 1. The van der Waals surface area contributed by atoms with E-state index in [4.69, 9.17) is 0 Å². The zero-order valence-electron chi connectivity index (χ0n) is 14.2. The molecule has 0 bridgehead atoms. The summed E-state index contributed by atoms with van der Waals surface area (Å²) in [6, 6.07) is 4.04. The minimum Gasteiger partial charge on any atom is -0.326 e. The minimum atomic E-state index is -4.41. The zero-order chi connectivity index (χ0) is 18.9. The van der Waals surface area contributed by atoms with E-state index in [1.807, 2.05) is 0 Å². The molecule has 1 fully saturated rings. The number of nitrogens with zero attached hydrogens (tertiary/aromatic N) is 2. The molecular formula is C18H19F4N3O. The van der Waals surface area contributed by atoms with Crippen LogP contribution in [-0.4, -0.2) is 21.6 Å². The largest absolute Gasteiger partial charge is 0.392 e. The van der Waals surface area contributed by atoms with Crippen LogP contribution < -0.4 is 5.32 Å². The first-order valence-corrected chi connectivity index (χ1v) is 8.45. The molecule has 3 rings (SSSR count). The van der Waals surface area contributed by atoms with Crippen LogP contribution in [0, 0.1) is 24.6 Å². The maximum absolute atomic E-state index is 14.4. The first-order valence-electron chi connectivity index (χ1n) is 8.45. The third kappa shape index (κ3) is 3.73. The van der Waals surface area contributed by atoms with Gasteiger partial charge in [0, 0.05) is 24.0 Å². The molecule has 1 heterocycles. The van der Waals surface area contributed by atoms with Gasteiger partial charge in [0.1, 0.15) is 11.6 Å². The van der Waals surface area contributed by atoms with Crippen molar-refractivity contribution in [1.29, 1.82) is 0 Å². The van der Waals surface area contributed by atoms with Crippen molar-refractivity contribution in [1.82, 2.24) is 9.55 Å². The number of anilines is 1. The Morgan fingerprint density at radius 1 is 1.27 bits per heavy atom. The first-order chi connectivity index (χ1) is 12.3. The van der Waals surface area contributed by atoms with E-state index in [1.165, 1.54) is 18.3 Å². The fraction of sp³-hybridized carbons (Fsp3) is 0.444. The van der Waals surface area contributed by atoms with Crippen molar-refractivity contribution in [2.45, 2.75) is 38.8 Å². The molecule has 1 saturated carbocycles. The number of amides is 1. The quantitative estimate of drug-likeness (QED) is 0.802. The number of rotatable bonds is 3. The number of carbonyl (C=O) groups is 1. The van der Waals surface area contributed by atoms with E-state index in [0.717, 1.165) is 6.07 Å². The van der Waals surface area contributed by atoms with Gasteiger partial charge < -0.3 is 9.88 Å². The average Bonchev–Trinajstić information content (AvgIpc) is 3.00. The van der Waals surface area contributed by atoms with Crippen LogP contribution >= 0.6 is 0 Å². The lowest BCUT2D eigenvalue weighted by Crippen LogP contribution is -2.39. The fourth-order valence-electron chi connectivity index (χ4n) is 3.48. The molecule has 1 aromatic heterocycles. The summed E-state index contributed by atoms with van der Waals surface area (Å²) < 4.78 is 55.4. The van der Waals surface area contributed by atoms with Crippen molar-refractivity contribution in [2.75, 3.05) is 5.32 Å². The Morgan fingerprint density at radius 2 is 2.00 bits per heavy atom. The van der Waals surface area contributed by atoms with Gasteiger partial charge in [-0.25, -0.2) is 9.37 Å². The van der Waals surface area contributed by atoms with Crippen LogP contribution in [0.15, 0.2) is 30.6 Å². The smallest absolute Gasteiger partial charge is 0.326 e. The Morgan fingerprint density at radius 3 is 2.62 bits per heavy atom. The number of hydrogen-bond acceptors (Lipinski definition) is 2. The second-order valence-electron chi connectivity index (χ2n) is 6.54. The Labute approximate surface area is 148 Å². The van der Waals surface area contributed by atoms with Gasteiger partial charge in [0.25, 0.3) is 0 Å². The Balaban J connectivity index is 1.77. The van der Waals surface area contributed by atoms with Gasteiger partial charge in [0.05, 0.1) is 11.6 Å². The maximum atomic E-state index is 14.4. The van der Waals surface area contributed by atoms with Crippen molar-refractivity contribution >= 4 is 11.6 Å². The van der Waals surface area contributed by atoms with Crippen LogP contribution in [0.1, 0.15) is 31.5 Å². The maximum Gasteiger partial charge on any atom is 0.392 e. The van der Waals surface area contributed by atoms with Gasteiger partial charge in [0.15, 0.2) is 0 Å². The van der Waals surface area contributed by atoms with Crippen molar-refractivity contribution < 1.29 is 22.4 Å². The molecule has 140 valence electrons. The molecule has 26 heavy (non-hydrogen) atoms. The number of halogens is 4. The standard InChI is InChI=1S/C18H19F4N3O/c1-11-23-8-9-25(11)16-7-6-12(10-15(16)19)24-17(26)13-4-2-3-5-14(13)18(20,21)22/h6-10,13-14H,2-5H2,1H3,(H,24,26). The van der Waals surface area contributed by atoms with E-state index in [9.17, 15) is 22.4 Å². The van der Waals surface area contributed by atoms with Gasteiger partial charge in [0.2, 0.25) is 5.91 Å². The molecule has 1 amide bonds. The molecule has 0 spiro atoms. The van der Waals surface area contributed by atoms with Gasteiger partial charge in [-0.2, -0.15) is 13.2 Å². The fourth-order valence-corrected chi connectivity index (χ4v) is 3.48. The van der Waals surface area contributed by atoms with Crippen LogP contribution in [0.25, 0.3) is 5.69 Å². The van der Waals surface area contributed by atoms with E-state index < -0.39 is 29.7 Å². The third-order valence-electron chi connectivity index (χ3n) is 4.82. The lowest BCUT2D eigenvalue weighted by atomic mass is 9.78. The summed E-state index contributed by atoms with van der Waals surface area (Å²) in [6.07, 6.45) is -0.0950. The molecule has 8 heteroatoms. The molecule has 0 aliphatic heterocycles. The zero-order valence-corrected chi connectivity index (χ0v) is 14.2.